The van der Waals surface area contributed by atoms with E-state index in [1.807, 2.05) is 0 Å². The maximum absolute atomic E-state index is 11.9. The smallest absolute Gasteiger partial charge is 0.339 e. The summed E-state index contributed by atoms with van der Waals surface area (Å²) in [6.07, 6.45) is 0.546. The summed E-state index contributed by atoms with van der Waals surface area (Å²) in [7, 11) is 1.44. The van der Waals surface area contributed by atoms with Crippen LogP contribution in [0.2, 0.25) is 9.36 Å². The van der Waals surface area contributed by atoms with Crippen molar-refractivity contribution >= 4 is 68.9 Å². The topological polar surface area (TPSA) is 66.8 Å². The minimum Gasteiger partial charge on any atom is -0.492 e. The molecule has 9 heteroatoms. The summed E-state index contributed by atoms with van der Waals surface area (Å²) in [4.78, 5) is 24.9. The molecule has 0 unspecified atom stereocenters. The van der Waals surface area contributed by atoms with Gasteiger partial charge in [0.2, 0.25) is 6.41 Å². The number of carbonyl (C=O) groups excluding carboxylic acids is 1. The van der Waals surface area contributed by atoms with Crippen molar-refractivity contribution in [3.8, 4) is 16.9 Å². The number of ether oxygens (including phenoxy) is 1. The zero-order chi connectivity index (χ0) is 18.8. The SMILES string of the molecule is COc1c(N(C=O)c2scc(-c3ccc(Cl)cc3)c2C(=O)O)csc1Cl. The number of nitrogens with zero attached hydrogens (tertiary/aromatic N) is 1. The lowest BCUT2D eigenvalue weighted by molar-refractivity contribution is -0.106. The van der Waals surface area contributed by atoms with Crippen LogP contribution in [0.3, 0.4) is 0 Å². The van der Waals surface area contributed by atoms with E-state index in [1.54, 1.807) is 35.0 Å². The van der Waals surface area contributed by atoms with Gasteiger partial charge in [-0.05, 0) is 17.7 Å². The van der Waals surface area contributed by atoms with Crippen LogP contribution in [-0.4, -0.2) is 24.6 Å². The fraction of sp³-hybridized carbons (Fsp3) is 0.0588. The minimum atomic E-state index is -1.14. The third kappa shape index (κ3) is 3.31. The second-order valence-electron chi connectivity index (χ2n) is 5.04. The molecule has 3 rings (SSSR count). The summed E-state index contributed by atoms with van der Waals surface area (Å²) >= 11 is 14.3. The lowest BCUT2D eigenvalue weighted by atomic mass is 10.0. The molecule has 0 saturated carbocycles. The lowest BCUT2D eigenvalue weighted by Gasteiger charge is -2.17. The van der Waals surface area contributed by atoms with Gasteiger partial charge < -0.3 is 9.84 Å². The summed E-state index contributed by atoms with van der Waals surface area (Å²) in [6.45, 7) is 0. The molecule has 0 saturated heterocycles. The first kappa shape index (κ1) is 18.7. The molecule has 1 N–H and O–H groups in total. The Morgan fingerprint density at radius 3 is 2.46 bits per heavy atom. The number of aromatic carboxylic acids is 1. The van der Waals surface area contributed by atoms with E-state index >= 15 is 0 Å². The normalized spacial score (nSPS) is 10.6. The van der Waals surface area contributed by atoms with Crippen molar-refractivity contribution in [3.05, 3.63) is 49.9 Å². The number of thiophene rings is 2. The Morgan fingerprint density at radius 1 is 1.19 bits per heavy atom. The molecule has 0 fully saturated rings. The fourth-order valence-corrected chi connectivity index (χ4v) is 4.67. The summed E-state index contributed by atoms with van der Waals surface area (Å²) in [5.74, 6) is -0.820. The molecule has 26 heavy (non-hydrogen) atoms. The van der Waals surface area contributed by atoms with E-state index in [2.05, 4.69) is 0 Å². The average Bonchev–Trinajstić information content (AvgIpc) is 3.21. The van der Waals surface area contributed by atoms with Crippen LogP contribution >= 0.6 is 45.9 Å². The highest BCUT2D eigenvalue weighted by atomic mass is 35.5. The second-order valence-corrected chi connectivity index (χ2v) is 7.82. The first-order valence-electron chi connectivity index (χ1n) is 7.14. The Balaban J connectivity index is 2.16. The van der Waals surface area contributed by atoms with Gasteiger partial charge in [-0.2, -0.15) is 0 Å². The van der Waals surface area contributed by atoms with E-state index in [9.17, 15) is 14.7 Å². The Hall–Kier alpha value is -2.06. The molecule has 1 aromatic carbocycles. The zero-order valence-corrected chi connectivity index (χ0v) is 16.4. The standard InChI is InChI=1S/C17H11Cl2NO4S2/c1-24-14-12(7-25-15(14)19)20(8-21)16-13(17(22)23)11(6-26-16)9-2-4-10(18)5-3-9/h2-8H,1H3,(H,22,23). The van der Waals surface area contributed by atoms with Crippen LogP contribution in [0, 0.1) is 0 Å². The summed E-state index contributed by atoms with van der Waals surface area (Å²) < 4.78 is 5.62. The molecular weight excluding hydrogens is 417 g/mol. The highest BCUT2D eigenvalue weighted by Gasteiger charge is 2.27. The Bertz CT molecular complexity index is 966. The molecule has 0 spiro atoms. The number of carboxylic acids is 1. The molecule has 0 atom stereocenters. The van der Waals surface area contributed by atoms with E-state index < -0.39 is 5.97 Å². The van der Waals surface area contributed by atoms with Crippen molar-refractivity contribution < 1.29 is 19.4 Å². The van der Waals surface area contributed by atoms with E-state index in [0.29, 0.717) is 38.3 Å². The van der Waals surface area contributed by atoms with E-state index in [4.69, 9.17) is 27.9 Å². The van der Waals surface area contributed by atoms with Gasteiger partial charge in [0.1, 0.15) is 20.6 Å². The molecule has 0 aliphatic carbocycles. The summed E-state index contributed by atoms with van der Waals surface area (Å²) in [6, 6.07) is 6.82. The van der Waals surface area contributed by atoms with Gasteiger partial charge >= 0.3 is 5.97 Å². The van der Waals surface area contributed by atoms with Gasteiger partial charge in [0.05, 0.1) is 7.11 Å². The van der Waals surface area contributed by atoms with Crippen molar-refractivity contribution in [2.45, 2.75) is 0 Å². The van der Waals surface area contributed by atoms with Crippen LogP contribution in [0.1, 0.15) is 10.4 Å². The van der Waals surface area contributed by atoms with Crippen LogP contribution in [0.15, 0.2) is 35.0 Å². The maximum atomic E-state index is 11.9. The third-order valence-corrected chi connectivity index (χ3v) is 6.02. The minimum absolute atomic E-state index is 0.0220. The van der Waals surface area contributed by atoms with Crippen LogP contribution in [0.4, 0.5) is 10.7 Å². The number of hydrogen-bond donors (Lipinski definition) is 1. The van der Waals surface area contributed by atoms with Crippen LogP contribution in [-0.2, 0) is 4.79 Å². The number of rotatable bonds is 6. The van der Waals surface area contributed by atoms with Gasteiger partial charge in [-0.1, -0.05) is 35.3 Å². The monoisotopic (exact) mass is 427 g/mol. The first-order chi connectivity index (χ1) is 12.5. The number of anilines is 2. The largest absolute Gasteiger partial charge is 0.492 e. The summed E-state index contributed by atoms with van der Waals surface area (Å²) in [5, 5.41) is 13.9. The van der Waals surface area contributed by atoms with Crippen molar-refractivity contribution in [1.29, 1.82) is 0 Å². The predicted molar refractivity (Wildman–Crippen MR) is 106 cm³/mol. The molecule has 2 aromatic heterocycles. The van der Waals surface area contributed by atoms with E-state index in [1.165, 1.54) is 23.3 Å². The van der Waals surface area contributed by atoms with Gasteiger partial charge in [-0.25, -0.2) is 4.79 Å². The van der Waals surface area contributed by atoms with Gasteiger partial charge in [0, 0.05) is 21.3 Å². The molecule has 0 aliphatic rings. The molecule has 0 radical (unpaired) electrons. The zero-order valence-electron chi connectivity index (χ0n) is 13.2. The van der Waals surface area contributed by atoms with Crippen molar-refractivity contribution in [3.63, 3.8) is 0 Å². The van der Waals surface area contributed by atoms with Crippen LogP contribution in [0.25, 0.3) is 11.1 Å². The number of hydrogen-bond acceptors (Lipinski definition) is 5. The molecule has 0 bridgehead atoms. The molecule has 5 nitrogen and oxygen atoms in total. The van der Waals surface area contributed by atoms with Gasteiger partial charge in [-0.3, -0.25) is 9.69 Å². The molecule has 0 aliphatic heterocycles. The number of amides is 1. The van der Waals surface area contributed by atoms with Crippen molar-refractivity contribution in [1.82, 2.24) is 0 Å². The van der Waals surface area contributed by atoms with Crippen LogP contribution < -0.4 is 9.64 Å². The van der Waals surface area contributed by atoms with Crippen molar-refractivity contribution in [2.24, 2.45) is 0 Å². The Morgan fingerprint density at radius 2 is 1.88 bits per heavy atom. The third-order valence-electron chi connectivity index (χ3n) is 3.61. The van der Waals surface area contributed by atoms with Gasteiger partial charge in [0.15, 0.2) is 5.75 Å². The molecule has 134 valence electrons. The molecule has 2 heterocycles. The lowest BCUT2D eigenvalue weighted by Crippen LogP contribution is -2.16. The highest BCUT2D eigenvalue weighted by Crippen LogP contribution is 2.47. The van der Waals surface area contributed by atoms with Crippen LogP contribution in [0.5, 0.6) is 5.75 Å². The number of carbonyl (C=O) groups is 2. The number of methoxy groups -OCH3 is 1. The highest BCUT2D eigenvalue weighted by molar-refractivity contribution is 7.16. The van der Waals surface area contributed by atoms with E-state index in [-0.39, 0.29) is 10.6 Å². The van der Waals surface area contributed by atoms with Gasteiger partial charge in [0.25, 0.3) is 0 Å². The quantitative estimate of drug-likeness (QED) is 0.505. The Labute approximate surface area is 167 Å². The second kappa shape index (κ2) is 7.67. The molecule has 3 aromatic rings. The number of benzene rings is 1. The first-order valence-corrected chi connectivity index (χ1v) is 9.65. The average molecular weight is 428 g/mol. The Kier molecular flexibility index (Phi) is 5.52. The van der Waals surface area contributed by atoms with E-state index in [0.717, 1.165) is 11.3 Å². The maximum Gasteiger partial charge on any atom is 0.339 e. The fourth-order valence-electron chi connectivity index (χ4n) is 2.45. The molecule has 1 amide bonds. The number of carboxylic acid groups (broad SMARTS) is 1. The van der Waals surface area contributed by atoms with Crippen molar-refractivity contribution in [2.75, 3.05) is 12.0 Å². The predicted octanol–water partition coefficient (Wildman–Crippen LogP) is 5.78. The number of halogens is 2. The van der Waals surface area contributed by atoms with Gasteiger partial charge in [-0.15, -0.1) is 22.7 Å². The molecular formula is C17H11Cl2NO4S2. The summed E-state index contributed by atoms with van der Waals surface area (Å²) in [5.41, 5.74) is 1.61.